The molecule has 2 aromatic heterocycles. The number of rotatable bonds is 5. The van der Waals surface area contributed by atoms with Crippen molar-refractivity contribution >= 4 is 5.91 Å². The molecule has 6 nitrogen and oxygen atoms in total. The summed E-state index contributed by atoms with van der Waals surface area (Å²) in [5.41, 5.74) is 1.83. The maximum Gasteiger partial charge on any atom is 0.416 e. The van der Waals surface area contributed by atoms with Gasteiger partial charge in [0.25, 0.3) is 5.91 Å². The van der Waals surface area contributed by atoms with Gasteiger partial charge in [0, 0.05) is 24.5 Å². The Balaban J connectivity index is 1.69. The molecule has 0 atom stereocenters. The number of benzene rings is 2. The minimum atomic E-state index is -4.52. The summed E-state index contributed by atoms with van der Waals surface area (Å²) in [5, 5.41) is 10.7. The zero-order valence-corrected chi connectivity index (χ0v) is 17.0. The molecule has 1 amide bonds. The van der Waals surface area contributed by atoms with E-state index in [1.165, 1.54) is 22.9 Å². The summed E-state index contributed by atoms with van der Waals surface area (Å²) in [5.74, 6) is -0.639. The number of alkyl halides is 3. The number of pyridine rings is 1. The second kappa shape index (κ2) is 8.62. The van der Waals surface area contributed by atoms with Gasteiger partial charge in [-0.2, -0.15) is 13.2 Å². The van der Waals surface area contributed by atoms with E-state index in [2.05, 4.69) is 20.6 Å². The zero-order chi connectivity index (χ0) is 22.7. The second-order valence-electron chi connectivity index (χ2n) is 7.12. The van der Waals surface area contributed by atoms with Crippen LogP contribution in [0.15, 0.2) is 73.1 Å². The van der Waals surface area contributed by atoms with Crippen molar-refractivity contribution in [1.29, 1.82) is 0 Å². The fourth-order valence-corrected chi connectivity index (χ4v) is 3.35. The third-order valence-electron chi connectivity index (χ3n) is 4.83. The van der Waals surface area contributed by atoms with E-state index in [1.807, 2.05) is 31.2 Å². The number of hydrogen-bond acceptors (Lipinski definition) is 4. The molecule has 162 valence electrons. The van der Waals surface area contributed by atoms with Crippen LogP contribution in [-0.2, 0) is 12.7 Å². The minimum absolute atomic E-state index is 0.0102. The summed E-state index contributed by atoms with van der Waals surface area (Å²) in [6.45, 7) is 1.62. The van der Waals surface area contributed by atoms with Crippen LogP contribution in [0, 0.1) is 6.92 Å². The van der Waals surface area contributed by atoms with Crippen LogP contribution in [-0.4, -0.2) is 25.9 Å². The quantitative estimate of drug-likeness (QED) is 0.496. The van der Waals surface area contributed by atoms with Crippen molar-refractivity contribution < 1.29 is 18.0 Å². The topological polar surface area (TPSA) is 72.7 Å². The molecule has 2 heterocycles. The summed E-state index contributed by atoms with van der Waals surface area (Å²) in [6, 6.07) is 16.1. The summed E-state index contributed by atoms with van der Waals surface area (Å²) >= 11 is 0. The highest BCUT2D eigenvalue weighted by atomic mass is 19.4. The molecule has 0 bridgehead atoms. The lowest BCUT2D eigenvalue weighted by Crippen LogP contribution is -2.25. The molecule has 0 fully saturated rings. The lowest BCUT2D eigenvalue weighted by Gasteiger charge is -2.13. The summed E-state index contributed by atoms with van der Waals surface area (Å²) < 4.78 is 41.3. The van der Waals surface area contributed by atoms with Crippen molar-refractivity contribution in [1.82, 2.24) is 25.3 Å². The van der Waals surface area contributed by atoms with Crippen LogP contribution < -0.4 is 5.32 Å². The van der Waals surface area contributed by atoms with Crippen LogP contribution in [0.5, 0.6) is 0 Å². The molecular formula is C23H18F3N5O. The van der Waals surface area contributed by atoms with E-state index in [4.69, 9.17) is 0 Å². The molecule has 0 aliphatic carbocycles. The fraction of sp³-hybridized carbons (Fsp3) is 0.130. The van der Waals surface area contributed by atoms with E-state index in [0.29, 0.717) is 16.9 Å². The van der Waals surface area contributed by atoms with Gasteiger partial charge in [0.2, 0.25) is 0 Å². The number of aryl methyl sites for hydroxylation is 1. The van der Waals surface area contributed by atoms with Crippen molar-refractivity contribution in [2.24, 2.45) is 0 Å². The van der Waals surface area contributed by atoms with Gasteiger partial charge in [-0.1, -0.05) is 35.5 Å². The average Bonchev–Trinajstić information content (AvgIpc) is 3.23. The largest absolute Gasteiger partial charge is 0.416 e. The van der Waals surface area contributed by atoms with Gasteiger partial charge in [-0.15, -0.1) is 5.10 Å². The normalized spacial score (nSPS) is 11.4. The Morgan fingerprint density at radius 2 is 1.88 bits per heavy atom. The van der Waals surface area contributed by atoms with Gasteiger partial charge < -0.3 is 5.32 Å². The molecule has 0 spiro atoms. The Morgan fingerprint density at radius 1 is 1.06 bits per heavy atom. The van der Waals surface area contributed by atoms with E-state index < -0.39 is 17.6 Å². The zero-order valence-electron chi connectivity index (χ0n) is 17.0. The van der Waals surface area contributed by atoms with Gasteiger partial charge in [-0.25, -0.2) is 4.68 Å². The lowest BCUT2D eigenvalue weighted by molar-refractivity contribution is -0.138. The first-order valence-corrected chi connectivity index (χ1v) is 9.71. The van der Waals surface area contributed by atoms with Gasteiger partial charge in [-0.05, 0) is 48.4 Å². The summed E-state index contributed by atoms with van der Waals surface area (Å²) in [4.78, 5) is 17.1. The highest BCUT2D eigenvalue weighted by Gasteiger charge is 2.33. The number of hydrogen-bond donors (Lipinski definition) is 1. The predicted octanol–water partition coefficient (Wildman–Crippen LogP) is 4.59. The number of carbonyl (C=O) groups is 1. The molecule has 1 N–H and O–H groups in total. The smallest absolute Gasteiger partial charge is 0.346 e. The number of nitrogens with one attached hydrogen (secondary N) is 1. The van der Waals surface area contributed by atoms with Gasteiger partial charge in [0.1, 0.15) is 5.69 Å². The number of amides is 1. The molecular weight excluding hydrogens is 419 g/mol. The first kappa shape index (κ1) is 21.2. The molecule has 2 aromatic carbocycles. The molecule has 0 saturated carbocycles. The molecule has 0 saturated heterocycles. The molecule has 4 rings (SSSR count). The van der Waals surface area contributed by atoms with Crippen LogP contribution in [0.2, 0.25) is 0 Å². The van der Waals surface area contributed by atoms with Gasteiger partial charge in [0.15, 0.2) is 5.69 Å². The Labute approximate surface area is 181 Å². The standard InChI is InChI=1S/C23H18F3N5O/c1-15-6-4-9-18(12-15)31-21(17-8-5-11-27-13-17)20(29-30-31)22(32)28-14-16-7-2-3-10-19(16)23(24,25)26/h2-13H,14H2,1H3,(H,28,32). The summed E-state index contributed by atoms with van der Waals surface area (Å²) in [6.07, 6.45) is -1.35. The maximum atomic E-state index is 13.3. The lowest BCUT2D eigenvalue weighted by atomic mass is 10.1. The molecule has 0 aliphatic heterocycles. The molecule has 9 heteroatoms. The van der Waals surface area contributed by atoms with Gasteiger partial charge in [-0.3, -0.25) is 9.78 Å². The van der Waals surface area contributed by atoms with Crippen LogP contribution in [0.1, 0.15) is 27.2 Å². The molecule has 4 aromatic rings. The number of halogens is 3. The van der Waals surface area contributed by atoms with Crippen LogP contribution in [0.25, 0.3) is 16.9 Å². The predicted molar refractivity (Wildman–Crippen MR) is 112 cm³/mol. The van der Waals surface area contributed by atoms with E-state index in [-0.39, 0.29) is 17.8 Å². The Hall–Kier alpha value is -4.01. The van der Waals surface area contributed by atoms with E-state index in [1.54, 1.807) is 24.5 Å². The van der Waals surface area contributed by atoms with Crippen molar-refractivity contribution in [3.05, 3.63) is 95.4 Å². The molecule has 32 heavy (non-hydrogen) atoms. The average molecular weight is 437 g/mol. The first-order valence-electron chi connectivity index (χ1n) is 9.71. The molecule has 0 unspecified atom stereocenters. The van der Waals surface area contributed by atoms with Crippen molar-refractivity contribution in [3.8, 4) is 16.9 Å². The highest BCUT2D eigenvalue weighted by molar-refractivity contribution is 5.98. The minimum Gasteiger partial charge on any atom is -0.346 e. The Bertz CT molecular complexity index is 1250. The third-order valence-corrected chi connectivity index (χ3v) is 4.83. The van der Waals surface area contributed by atoms with E-state index in [0.717, 1.165) is 11.6 Å². The summed E-state index contributed by atoms with van der Waals surface area (Å²) in [7, 11) is 0. The van der Waals surface area contributed by atoms with Crippen LogP contribution in [0.4, 0.5) is 13.2 Å². The first-order chi connectivity index (χ1) is 15.3. The number of aromatic nitrogens is 4. The highest BCUT2D eigenvalue weighted by Crippen LogP contribution is 2.32. The fourth-order valence-electron chi connectivity index (χ4n) is 3.35. The Kier molecular flexibility index (Phi) is 5.72. The molecule has 0 aliphatic rings. The van der Waals surface area contributed by atoms with Crippen LogP contribution >= 0.6 is 0 Å². The Morgan fingerprint density at radius 3 is 2.59 bits per heavy atom. The monoisotopic (exact) mass is 437 g/mol. The van der Waals surface area contributed by atoms with E-state index >= 15 is 0 Å². The van der Waals surface area contributed by atoms with Crippen LogP contribution in [0.3, 0.4) is 0 Å². The molecule has 0 radical (unpaired) electrons. The van der Waals surface area contributed by atoms with E-state index in [9.17, 15) is 18.0 Å². The maximum absolute atomic E-state index is 13.3. The number of carbonyl (C=O) groups excluding carboxylic acids is 1. The number of nitrogens with zero attached hydrogens (tertiary/aromatic N) is 4. The van der Waals surface area contributed by atoms with Crippen molar-refractivity contribution in [2.45, 2.75) is 19.6 Å². The van der Waals surface area contributed by atoms with Gasteiger partial charge >= 0.3 is 6.18 Å². The second-order valence-corrected chi connectivity index (χ2v) is 7.12. The third kappa shape index (κ3) is 4.36. The van der Waals surface area contributed by atoms with Gasteiger partial charge in [0.05, 0.1) is 11.3 Å². The SMILES string of the molecule is Cc1cccc(-n2nnc(C(=O)NCc3ccccc3C(F)(F)F)c2-c2cccnc2)c1. The van der Waals surface area contributed by atoms with Crippen molar-refractivity contribution in [2.75, 3.05) is 0 Å². The van der Waals surface area contributed by atoms with Crippen molar-refractivity contribution in [3.63, 3.8) is 0 Å².